The molecule has 0 amide bonds. The first kappa shape index (κ1) is 9.41. The van der Waals surface area contributed by atoms with Gasteiger partial charge in [0, 0.05) is 5.27 Å². The van der Waals surface area contributed by atoms with Gasteiger partial charge in [-0.2, -0.15) is 0 Å². The summed E-state index contributed by atoms with van der Waals surface area (Å²) in [4.78, 5) is 4.31. The zero-order chi connectivity index (χ0) is 10.8. The van der Waals surface area contributed by atoms with Crippen LogP contribution in [-0.2, 0) is 5.88 Å². The average Bonchev–Trinajstić information content (AvgIpc) is 2.96. The Morgan fingerprint density at radius 1 is 1.31 bits per heavy atom. The van der Waals surface area contributed by atoms with Crippen LogP contribution in [0.2, 0.25) is 0 Å². The first-order valence-electron chi connectivity index (χ1n) is 4.73. The number of para-hydroxylation sites is 2. The minimum atomic E-state index is 0.745. The van der Waals surface area contributed by atoms with E-state index in [9.17, 15) is 0 Å². The molecule has 0 N–H and O–H groups in total. The summed E-state index contributed by atoms with van der Waals surface area (Å²) >= 11 is 1.56. The largest absolute Gasteiger partial charge is 0.344 e. The van der Waals surface area contributed by atoms with Crippen LogP contribution in [0.5, 0.6) is 0 Å². The van der Waals surface area contributed by atoms with Crippen molar-refractivity contribution in [3.05, 3.63) is 36.9 Å². The summed E-state index contributed by atoms with van der Waals surface area (Å²) in [5.41, 5.74) is 2.12. The van der Waals surface area contributed by atoms with E-state index < -0.39 is 0 Å². The Labute approximate surface area is 95.5 Å². The van der Waals surface area contributed by atoms with E-state index in [1.54, 1.807) is 11.8 Å². The predicted octanol–water partition coefficient (Wildman–Crippen LogP) is 2.17. The molecule has 2 aromatic heterocycles. The van der Waals surface area contributed by atoms with E-state index in [2.05, 4.69) is 24.4 Å². The number of rotatable bonds is 3. The zero-order valence-electron chi connectivity index (χ0n) is 8.28. The fraction of sp³-hybridized carbons (Fsp3) is 0.100. The third kappa shape index (κ3) is 1.67. The molecule has 0 radical (unpaired) electrons. The molecule has 0 unspecified atom stereocenters. The second-order valence-electron chi connectivity index (χ2n) is 3.22. The van der Waals surface area contributed by atoms with Crippen LogP contribution in [0.1, 0.15) is 0 Å². The molecule has 0 saturated carbocycles. The molecule has 3 aromatic rings. The van der Waals surface area contributed by atoms with Gasteiger partial charge in [0.1, 0.15) is 0 Å². The molecule has 0 saturated heterocycles. The van der Waals surface area contributed by atoms with Crippen molar-refractivity contribution in [2.75, 3.05) is 0 Å². The number of hydrogen-bond donors (Lipinski definition) is 0. The van der Waals surface area contributed by atoms with E-state index in [0.717, 1.165) is 21.9 Å². The Kier molecular flexibility index (Phi) is 2.34. The summed E-state index contributed by atoms with van der Waals surface area (Å²) in [6.07, 6.45) is 3.36. The summed E-state index contributed by atoms with van der Waals surface area (Å²) in [6, 6.07) is 8.02. The van der Waals surface area contributed by atoms with Gasteiger partial charge in [-0.05, 0) is 12.1 Å². The van der Waals surface area contributed by atoms with Crippen molar-refractivity contribution in [1.82, 2.24) is 19.9 Å². The second kappa shape index (κ2) is 3.97. The van der Waals surface area contributed by atoms with Crippen LogP contribution in [0.4, 0.5) is 0 Å². The Morgan fingerprint density at radius 2 is 2.25 bits per heavy atom. The third-order valence-electron chi connectivity index (χ3n) is 2.22. The van der Waals surface area contributed by atoms with Crippen LogP contribution in [0.3, 0.4) is 0 Å². The standard InChI is InChI=1S/C10H8N4OS/c1-2-4-9-8(3-1)11-6-14(9)7-16-10-5-15-13-12-10/h1-6H,7H2. The Balaban J connectivity index is 1.84. The number of nitrogens with zero attached hydrogens (tertiary/aromatic N) is 4. The average molecular weight is 232 g/mol. The maximum atomic E-state index is 4.67. The van der Waals surface area contributed by atoms with Gasteiger partial charge < -0.3 is 9.09 Å². The monoisotopic (exact) mass is 232 g/mol. The summed E-state index contributed by atoms with van der Waals surface area (Å²) in [7, 11) is 0. The summed E-state index contributed by atoms with van der Waals surface area (Å²) in [6.45, 7) is 0. The summed E-state index contributed by atoms with van der Waals surface area (Å²) in [5.74, 6) is 0.745. The highest BCUT2D eigenvalue weighted by molar-refractivity contribution is 7.98. The molecule has 0 spiro atoms. The molecule has 80 valence electrons. The van der Waals surface area contributed by atoms with Gasteiger partial charge in [0.2, 0.25) is 0 Å². The van der Waals surface area contributed by atoms with Crippen molar-refractivity contribution in [2.24, 2.45) is 0 Å². The summed E-state index contributed by atoms with van der Waals surface area (Å²) in [5, 5.41) is 8.00. The van der Waals surface area contributed by atoms with Gasteiger partial charge in [-0.25, -0.2) is 4.98 Å². The molecule has 6 heteroatoms. The fourth-order valence-electron chi connectivity index (χ4n) is 1.47. The van der Waals surface area contributed by atoms with Crippen LogP contribution < -0.4 is 0 Å². The molecule has 0 aliphatic rings. The SMILES string of the molecule is c1ccc2c(c1)ncn2CSc1conn1. The fourth-order valence-corrected chi connectivity index (χ4v) is 2.15. The number of thioether (sulfide) groups is 1. The first-order valence-corrected chi connectivity index (χ1v) is 5.72. The van der Waals surface area contributed by atoms with Crippen molar-refractivity contribution < 1.29 is 4.52 Å². The molecule has 1 aromatic carbocycles. The van der Waals surface area contributed by atoms with Crippen molar-refractivity contribution >= 4 is 22.8 Å². The molecule has 2 heterocycles. The van der Waals surface area contributed by atoms with Gasteiger partial charge in [-0.15, -0.1) is 5.10 Å². The van der Waals surface area contributed by atoms with Crippen molar-refractivity contribution in [3.8, 4) is 0 Å². The van der Waals surface area contributed by atoms with E-state index in [4.69, 9.17) is 0 Å². The van der Waals surface area contributed by atoms with Gasteiger partial charge in [-0.1, -0.05) is 23.9 Å². The Hall–Kier alpha value is -1.82. The van der Waals surface area contributed by atoms with E-state index >= 15 is 0 Å². The minimum Gasteiger partial charge on any atom is -0.344 e. The molecule has 5 nitrogen and oxygen atoms in total. The number of hydrogen-bond acceptors (Lipinski definition) is 5. The van der Waals surface area contributed by atoms with Crippen LogP contribution >= 0.6 is 11.8 Å². The topological polar surface area (TPSA) is 56.7 Å². The molecule has 16 heavy (non-hydrogen) atoms. The van der Waals surface area contributed by atoms with Crippen LogP contribution in [-0.4, -0.2) is 19.9 Å². The minimum absolute atomic E-state index is 0.745. The van der Waals surface area contributed by atoms with E-state index in [-0.39, 0.29) is 0 Å². The maximum Gasteiger partial charge on any atom is 0.162 e. The Morgan fingerprint density at radius 3 is 3.12 bits per heavy atom. The molecule has 0 aliphatic carbocycles. The zero-order valence-corrected chi connectivity index (χ0v) is 9.09. The smallest absolute Gasteiger partial charge is 0.162 e. The normalized spacial score (nSPS) is 11.0. The quantitative estimate of drug-likeness (QED) is 0.648. The van der Waals surface area contributed by atoms with Crippen LogP contribution in [0.15, 0.2) is 46.4 Å². The number of aromatic nitrogens is 4. The molecule has 0 aliphatic heterocycles. The van der Waals surface area contributed by atoms with Crippen molar-refractivity contribution in [2.45, 2.75) is 10.9 Å². The van der Waals surface area contributed by atoms with E-state index in [1.807, 2.05) is 30.6 Å². The van der Waals surface area contributed by atoms with Crippen LogP contribution in [0.25, 0.3) is 11.0 Å². The van der Waals surface area contributed by atoms with Gasteiger partial charge in [0.15, 0.2) is 11.3 Å². The number of benzene rings is 1. The number of imidazole rings is 1. The molecule has 0 fully saturated rings. The molecular weight excluding hydrogens is 224 g/mol. The van der Waals surface area contributed by atoms with Gasteiger partial charge in [0.05, 0.1) is 23.2 Å². The lowest BCUT2D eigenvalue weighted by Gasteiger charge is -2.00. The lowest BCUT2D eigenvalue weighted by molar-refractivity contribution is 0.392. The molecule has 3 rings (SSSR count). The highest BCUT2D eigenvalue weighted by Gasteiger charge is 2.03. The van der Waals surface area contributed by atoms with Gasteiger partial charge in [-0.3, -0.25) is 0 Å². The lowest BCUT2D eigenvalue weighted by Crippen LogP contribution is -1.91. The molecule has 0 atom stereocenters. The third-order valence-corrected chi connectivity index (χ3v) is 3.10. The second-order valence-corrected chi connectivity index (χ2v) is 4.18. The van der Waals surface area contributed by atoms with Crippen molar-refractivity contribution in [1.29, 1.82) is 0 Å². The maximum absolute atomic E-state index is 4.67. The van der Waals surface area contributed by atoms with Crippen molar-refractivity contribution in [3.63, 3.8) is 0 Å². The molecule has 0 bridgehead atoms. The number of fused-ring (bicyclic) bond motifs is 1. The van der Waals surface area contributed by atoms with Crippen LogP contribution in [0, 0.1) is 0 Å². The highest BCUT2D eigenvalue weighted by Crippen LogP contribution is 2.19. The molecular formula is C10H8N4OS. The summed E-state index contributed by atoms with van der Waals surface area (Å²) < 4.78 is 6.73. The van der Waals surface area contributed by atoms with Gasteiger partial charge in [0.25, 0.3) is 0 Å². The predicted molar refractivity (Wildman–Crippen MR) is 59.9 cm³/mol. The van der Waals surface area contributed by atoms with E-state index in [0.29, 0.717) is 0 Å². The first-order chi connectivity index (χ1) is 7.93. The van der Waals surface area contributed by atoms with E-state index in [1.165, 1.54) is 6.26 Å². The lowest BCUT2D eigenvalue weighted by atomic mass is 10.3. The highest BCUT2D eigenvalue weighted by atomic mass is 32.2. The Bertz CT molecular complexity index is 590. The van der Waals surface area contributed by atoms with Gasteiger partial charge >= 0.3 is 0 Å².